The third kappa shape index (κ3) is 3.08. The molecule has 16 heavy (non-hydrogen) atoms. The van der Waals surface area contributed by atoms with E-state index in [2.05, 4.69) is 4.99 Å². The molecule has 0 aliphatic heterocycles. The number of ketones is 1. The zero-order chi connectivity index (χ0) is 12.1. The van der Waals surface area contributed by atoms with Gasteiger partial charge in [0.05, 0.1) is 6.54 Å². The Bertz CT molecular complexity index is 406. The van der Waals surface area contributed by atoms with E-state index in [0.717, 1.165) is 5.56 Å². The Morgan fingerprint density at radius 2 is 1.94 bits per heavy atom. The molecule has 0 spiro atoms. The van der Waals surface area contributed by atoms with E-state index < -0.39 is 0 Å². The minimum Gasteiger partial charge on any atom is -0.370 e. The summed E-state index contributed by atoms with van der Waals surface area (Å²) in [5.41, 5.74) is 12.1. The summed E-state index contributed by atoms with van der Waals surface area (Å²) in [5, 5.41) is 0. The number of carbonyl (C=O) groups is 1. The maximum absolute atomic E-state index is 11.9. The highest BCUT2D eigenvalue weighted by Crippen LogP contribution is 2.14. The van der Waals surface area contributed by atoms with Crippen LogP contribution in [0.5, 0.6) is 0 Å². The average molecular weight is 219 g/mol. The van der Waals surface area contributed by atoms with Gasteiger partial charge in [-0.2, -0.15) is 0 Å². The maximum Gasteiger partial charge on any atom is 0.186 e. The third-order valence-electron chi connectivity index (χ3n) is 2.24. The van der Waals surface area contributed by atoms with Gasteiger partial charge >= 0.3 is 0 Å². The molecule has 1 aromatic carbocycles. The number of nitrogens with two attached hydrogens (primary N) is 2. The molecule has 4 heteroatoms. The van der Waals surface area contributed by atoms with Gasteiger partial charge in [0.25, 0.3) is 0 Å². The van der Waals surface area contributed by atoms with Crippen LogP contribution in [0, 0.1) is 5.92 Å². The normalized spacial score (nSPS) is 10.2. The van der Waals surface area contributed by atoms with Crippen molar-refractivity contribution in [2.45, 2.75) is 20.4 Å². The first-order valence-electron chi connectivity index (χ1n) is 5.20. The lowest BCUT2D eigenvalue weighted by Crippen LogP contribution is -2.23. The van der Waals surface area contributed by atoms with Crippen molar-refractivity contribution in [1.82, 2.24) is 0 Å². The second kappa shape index (κ2) is 5.30. The standard InChI is InChI=1S/C12H17N3O/c1-8(2)11(16)10-6-4-3-5-9(10)7-15-12(13)14/h3-6,8H,7H2,1-2H3,(H4,13,14,15). The number of hydrogen-bond acceptors (Lipinski definition) is 2. The summed E-state index contributed by atoms with van der Waals surface area (Å²) in [7, 11) is 0. The first kappa shape index (κ1) is 12.2. The lowest BCUT2D eigenvalue weighted by atomic mass is 9.96. The molecular formula is C12H17N3O. The van der Waals surface area contributed by atoms with Crippen molar-refractivity contribution < 1.29 is 4.79 Å². The summed E-state index contributed by atoms with van der Waals surface area (Å²) in [6.07, 6.45) is 0. The summed E-state index contributed by atoms with van der Waals surface area (Å²) in [6.45, 7) is 4.09. The van der Waals surface area contributed by atoms with E-state index >= 15 is 0 Å². The molecule has 86 valence electrons. The number of guanidine groups is 1. The number of benzene rings is 1. The molecule has 1 rings (SSSR count). The Hall–Kier alpha value is -1.84. The second-order valence-corrected chi connectivity index (χ2v) is 3.92. The predicted octanol–water partition coefficient (Wildman–Crippen LogP) is 1.30. The van der Waals surface area contributed by atoms with Gasteiger partial charge in [-0.05, 0) is 5.56 Å². The number of rotatable bonds is 4. The van der Waals surface area contributed by atoms with E-state index in [1.807, 2.05) is 32.0 Å². The number of carbonyl (C=O) groups excluding carboxylic acids is 1. The van der Waals surface area contributed by atoms with Gasteiger partial charge in [-0.3, -0.25) is 4.79 Å². The molecule has 0 aliphatic carbocycles. The molecule has 0 fully saturated rings. The van der Waals surface area contributed by atoms with E-state index in [9.17, 15) is 4.79 Å². The van der Waals surface area contributed by atoms with Crippen LogP contribution in [-0.2, 0) is 6.54 Å². The number of nitrogens with zero attached hydrogens (tertiary/aromatic N) is 1. The summed E-state index contributed by atoms with van der Waals surface area (Å²) < 4.78 is 0. The van der Waals surface area contributed by atoms with Gasteiger partial charge < -0.3 is 11.5 Å². The Kier molecular flexibility index (Phi) is 4.05. The Labute approximate surface area is 95.4 Å². The van der Waals surface area contributed by atoms with Gasteiger partial charge in [-0.15, -0.1) is 0 Å². The quantitative estimate of drug-likeness (QED) is 0.455. The van der Waals surface area contributed by atoms with Crippen LogP contribution < -0.4 is 11.5 Å². The van der Waals surface area contributed by atoms with E-state index in [1.54, 1.807) is 6.07 Å². The van der Waals surface area contributed by atoms with Gasteiger partial charge in [0, 0.05) is 11.5 Å². The van der Waals surface area contributed by atoms with Gasteiger partial charge in [0.15, 0.2) is 11.7 Å². The highest BCUT2D eigenvalue weighted by Gasteiger charge is 2.13. The largest absolute Gasteiger partial charge is 0.370 e. The molecule has 0 saturated heterocycles. The fourth-order valence-electron chi connectivity index (χ4n) is 1.39. The van der Waals surface area contributed by atoms with E-state index in [4.69, 9.17) is 11.5 Å². The third-order valence-corrected chi connectivity index (χ3v) is 2.24. The molecule has 0 aliphatic rings. The van der Waals surface area contributed by atoms with Crippen LogP contribution in [0.1, 0.15) is 29.8 Å². The van der Waals surface area contributed by atoms with Crippen molar-refractivity contribution in [3.05, 3.63) is 35.4 Å². The van der Waals surface area contributed by atoms with Gasteiger partial charge in [-0.25, -0.2) is 4.99 Å². The van der Waals surface area contributed by atoms with Gasteiger partial charge in [0.2, 0.25) is 0 Å². The fourth-order valence-corrected chi connectivity index (χ4v) is 1.39. The molecule has 0 radical (unpaired) electrons. The lowest BCUT2D eigenvalue weighted by molar-refractivity contribution is 0.0938. The second-order valence-electron chi connectivity index (χ2n) is 3.92. The van der Waals surface area contributed by atoms with E-state index in [-0.39, 0.29) is 17.7 Å². The number of hydrogen-bond donors (Lipinski definition) is 2. The topological polar surface area (TPSA) is 81.5 Å². The van der Waals surface area contributed by atoms with Crippen LogP contribution in [0.4, 0.5) is 0 Å². The zero-order valence-electron chi connectivity index (χ0n) is 9.60. The first-order chi connectivity index (χ1) is 7.52. The molecule has 0 bridgehead atoms. The molecule has 0 atom stereocenters. The summed E-state index contributed by atoms with van der Waals surface area (Å²) in [4.78, 5) is 15.8. The molecule has 4 nitrogen and oxygen atoms in total. The summed E-state index contributed by atoms with van der Waals surface area (Å²) in [6, 6.07) is 7.38. The van der Waals surface area contributed by atoms with Crippen molar-refractivity contribution in [2.75, 3.05) is 0 Å². The Balaban J connectivity index is 3.01. The Morgan fingerprint density at radius 1 is 1.31 bits per heavy atom. The molecule has 0 amide bonds. The molecule has 0 unspecified atom stereocenters. The molecular weight excluding hydrogens is 202 g/mol. The highest BCUT2D eigenvalue weighted by molar-refractivity contribution is 5.98. The van der Waals surface area contributed by atoms with Crippen molar-refractivity contribution in [3.63, 3.8) is 0 Å². The van der Waals surface area contributed by atoms with E-state index in [0.29, 0.717) is 12.1 Å². The highest BCUT2D eigenvalue weighted by atomic mass is 16.1. The van der Waals surface area contributed by atoms with Crippen LogP contribution >= 0.6 is 0 Å². The van der Waals surface area contributed by atoms with Crippen molar-refractivity contribution >= 4 is 11.7 Å². The van der Waals surface area contributed by atoms with Crippen molar-refractivity contribution in [1.29, 1.82) is 0 Å². The molecule has 0 aromatic heterocycles. The van der Waals surface area contributed by atoms with Crippen molar-refractivity contribution in [3.8, 4) is 0 Å². The lowest BCUT2D eigenvalue weighted by Gasteiger charge is -2.08. The zero-order valence-corrected chi connectivity index (χ0v) is 9.60. The van der Waals surface area contributed by atoms with Crippen LogP contribution in [0.2, 0.25) is 0 Å². The van der Waals surface area contributed by atoms with Crippen LogP contribution in [0.3, 0.4) is 0 Å². The minimum atomic E-state index is -0.0275. The van der Waals surface area contributed by atoms with E-state index in [1.165, 1.54) is 0 Å². The number of Topliss-reactive ketones (excluding diaryl/α,β-unsaturated/α-hetero) is 1. The van der Waals surface area contributed by atoms with Crippen molar-refractivity contribution in [2.24, 2.45) is 22.4 Å². The minimum absolute atomic E-state index is 0.0275. The average Bonchev–Trinajstić information content (AvgIpc) is 2.25. The molecule has 0 saturated carbocycles. The molecule has 0 heterocycles. The molecule has 1 aromatic rings. The maximum atomic E-state index is 11.9. The van der Waals surface area contributed by atoms with Gasteiger partial charge in [-0.1, -0.05) is 38.1 Å². The number of aliphatic imine (C=N–C) groups is 1. The summed E-state index contributed by atoms with van der Waals surface area (Å²) in [5.74, 6) is 0.119. The van der Waals surface area contributed by atoms with Crippen LogP contribution in [0.15, 0.2) is 29.3 Å². The van der Waals surface area contributed by atoms with Gasteiger partial charge in [0.1, 0.15) is 0 Å². The summed E-state index contributed by atoms with van der Waals surface area (Å²) >= 11 is 0. The predicted molar refractivity (Wildman–Crippen MR) is 65.1 cm³/mol. The fraction of sp³-hybridized carbons (Fsp3) is 0.333. The van der Waals surface area contributed by atoms with Crippen LogP contribution in [0.25, 0.3) is 0 Å². The smallest absolute Gasteiger partial charge is 0.186 e. The monoisotopic (exact) mass is 219 g/mol. The SMILES string of the molecule is CC(C)C(=O)c1ccccc1CN=C(N)N. The van der Waals surface area contributed by atoms with Crippen LogP contribution in [-0.4, -0.2) is 11.7 Å². The first-order valence-corrected chi connectivity index (χ1v) is 5.20. The molecule has 4 N–H and O–H groups in total. The Morgan fingerprint density at radius 3 is 2.50 bits per heavy atom.